The Morgan fingerprint density at radius 3 is 2.45 bits per heavy atom. The topological polar surface area (TPSA) is 62.2 Å². The molecule has 2 aromatic rings. The van der Waals surface area contributed by atoms with Crippen molar-refractivity contribution in [1.82, 2.24) is 10.3 Å². The van der Waals surface area contributed by atoms with Crippen molar-refractivity contribution in [2.24, 2.45) is 0 Å². The van der Waals surface area contributed by atoms with Crippen LogP contribution in [0.3, 0.4) is 0 Å². The third-order valence-corrected chi connectivity index (χ3v) is 2.80. The fourth-order valence-corrected chi connectivity index (χ4v) is 1.81. The van der Waals surface area contributed by atoms with Crippen molar-refractivity contribution in [3.63, 3.8) is 0 Å². The number of carbonyl (C=O) groups is 1. The zero-order chi connectivity index (χ0) is 16.3. The van der Waals surface area contributed by atoms with Crippen LogP contribution in [-0.4, -0.2) is 22.2 Å². The molecule has 0 radical (unpaired) electrons. The first kappa shape index (κ1) is 15.7. The molecule has 4 nitrogen and oxygen atoms in total. The molecule has 0 aliphatic heterocycles. The van der Waals surface area contributed by atoms with Crippen molar-refractivity contribution < 1.29 is 27.5 Å². The molecule has 116 valence electrons. The Morgan fingerprint density at radius 1 is 1.18 bits per heavy atom. The van der Waals surface area contributed by atoms with Gasteiger partial charge in [0.05, 0.1) is 5.69 Å². The summed E-state index contributed by atoms with van der Waals surface area (Å²) in [5.74, 6) is -3.26. The van der Waals surface area contributed by atoms with Crippen LogP contribution in [0, 0.1) is 5.82 Å². The lowest BCUT2D eigenvalue weighted by atomic mass is 10.1. The molecule has 0 saturated heterocycles. The van der Waals surface area contributed by atoms with Gasteiger partial charge in [0.15, 0.2) is 6.04 Å². The van der Waals surface area contributed by atoms with Gasteiger partial charge in [0.2, 0.25) is 0 Å². The van der Waals surface area contributed by atoms with Gasteiger partial charge < -0.3 is 10.4 Å². The van der Waals surface area contributed by atoms with E-state index in [1.54, 1.807) is 5.32 Å². The second kappa shape index (κ2) is 6.00. The summed E-state index contributed by atoms with van der Waals surface area (Å²) >= 11 is 0. The number of pyridine rings is 1. The monoisotopic (exact) mass is 314 g/mol. The average molecular weight is 314 g/mol. The van der Waals surface area contributed by atoms with Crippen LogP contribution >= 0.6 is 0 Å². The molecule has 0 spiro atoms. The van der Waals surface area contributed by atoms with Crippen molar-refractivity contribution in [2.45, 2.75) is 12.2 Å². The summed E-state index contributed by atoms with van der Waals surface area (Å²) in [6, 6.07) is 4.40. The molecule has 0 bridgehead atoms. The summed E-state index contributed by atoms with van der Waals surface area (Å²) in [6.07, 6.45) is -3.69. The molecule has 0 aliphatic rings. The maximum absolute atomic E-state index is 13.5. The Labute approximate surface area is 122 Å². The van der Waals surface area contributed by atoms with Gasteiger partial charge in [0, 0.05) is 6.20 Å². The van der Waals surface area contributed by atoms with Gasteiger partial charge in [-0.1, -0.05) is 12.1 Å². The number of halogens is 4. The number of carbonyl (C=O) groups excluding carboxylic acids is 1. The number of nitrogens with zero attached hydrogens (tertiary/aromatic N) is 1. The number of nitrogens with one attached hydrogen (secondary N) is 1. The number of phenolic OH excluding ortho intramolecular Hbond substituents is 1. The van der Waals surface area contributed by atoms with E-state index in [0.717, 1.165) is 30.5 Å². The molecule has 1 aromatic heterocycles. The molecule has 8 heteroatoms. The first-order valence-corrected chi connectivity index (χ1v) is 6.06. The summed E-state index contributed by atoms with van der Waals surface area (Å²) in [5, 5.41) is 11.1. The lowest BCUT2D eigenvalue weighted by Crippen LogP contribution is -2.39. The number of aromatic hydroxyl groups is 1. The Balaban J connectivity index is 2.34. The van der Waals surface area contributed by atoms with Crippen LogP contribution in [0.1, 0.15) is 22.1 Å². The first-order chi connectivity index (χ1) is 10.3. The van der Waals surface area contributed by atoms with Crippen LogP contribution in [0.25, 0.3) is 0 Å². The highest BCUT2D eigenvalue weighted by Crippen LogP contribution is 2.32. The maximum atomic E-state index is 13.5. The second-order valence-corrected chi connectivity index (χ2v) is 4.34. The van der Waals surface area contributed by atoms with Crippen LogP contribution in [0.4, 0.5) is 17.6 Å². The van der Waals surface area contributed by atoms with Crippen LogP contribution in [0.15, 0.2) is 42.6 Å². The summed E-state index contributed by atoms with van der Waals surface area (Å²) in [5.41, 5.74) is -1.30. The molecule has 2 rings (SSSR count). The van der Waals surface area contributed by atoms with Crippen molar-refractivity contribution in [3.8, 4) is 5.75 Å². The molecule has 22 heavy (non-hydrogen) atoms. The van der Waals surface area contributed by atoms with Gasteiger partial charge in [0.1, 0.15) is 17.1 Å². The number of alkyl halides is 3. The van der Waals surface area contributed by atoms with Crippen LogP contribution in [0.2, 0.25) is 0 Å². The van der Waals surface area contributed by atoms with Gasteiger partial charge >= 0.3 is 6.18 Å². The number of benzene rings is 1. The minimum Gasteiger partial charge on any atom is -0.507 e. The van der Waals surface area contributed by atoms with E-state index < -0.39 is 40.9 Å². The van der Waals surface area contributed by atoms with E-state index in [9.17, 15) is 27.5 Å². The lowest BCUT2D eigenvalue weighted by molar-refractivity contribution is -0.156. The Morgan fingerprint density at radius 2 is 1.91 bits per heavy atom. The smallest absolute Gasteiger partial charge is 0.414 e. The van der Waals surface area contributed by atoms with E-state index in [0.29, 0.717) is 0 Å². The van der Waals surface area contributed by atoms with Gasteiger partial charge in [-0.05, 0) is 24.3 Å². The third kappa shape index (κ3) is 3.33. The number of aromatic nitrogens is 1. The van der Waals surface area contributed by atoms with Crippen molar-refractivity contribution >= 4 is 5.91 Å². The highest BCUT2D eigenvalue weighted by Gasteiger charge is 2.43. The van der Waals surface area contributed by atoms with E-state index in [2.05, 4.69) is 4.98 Å². The zero-order valence-corrected chi connectivity index (χ0v) is 10.9. The predicted molar refractivity (Wildman–Crippen MR) is 68.6 cm³/mol. The Kier molecular flexibility index (Phi) is 4.30. The van der Waals surface area contributed by atoms with E-state index >= 15 is 0 Å². The molecule has 1 heterocycles. The lowest BCUT2D eigenvalue weighted by Gasteiger charge is -2.21. The average Bonchev–Trinajstić information content (AvgIpc) is 2.44. The largest absolute Gasteiger partial charge is 0.507 e. The number of rotatable bonds is 3. The van der Waals surface area contributed by atoms with E-state index in [-0.39, 0.29) is 0 Å². The van der Waals surface area contributed by atoms with E-state index in [1.165, 1.54) is 12.1 Å². The van der Waals surface area contributed by atoms with Gasteiger partial charge in [-0.3, -0.25) is 9.78 Å². The maximum Gasteiger partial charge on any atom is 0.414 e. The number of phenols is 1. The second-order valence-electron chi connectivity index (χ2n) is 4.34. The predicted octanol–water partition coefficient (Wildman–Crippen LogP) is 2.96. The molecule has 1 unspecified atom stereocenters. The van der Waals surface area contributed by atoms with Gasteiger partial charge in [-0.15, -0.1) is 0 Å². The highest BCUT2D eigenvalue weighted by molar-refractivity contribution is 5.97. The van der Waals surface area contributed by atoms with Crippen LogP contribution < -0.4 is 5.32 Å². The zero-order valence-electron chi connectivity index (χ0n) is 10.9. The minimum atomic E-state index is -4.83. The Hall–Kier alpha value is -2.64. The normalized spacial score (nSPS) is 12.7. The molecule has 1 amide bonds. The van der Waals surface area contributed by atoms with Crippen molar-refractivity contribution in [2.75, 3.05) is 0 Å². The number of amides is 1. The molecule has 1 aromatic carbocycles. The number of hydrogen-bond donors (Lipinski definition) is 2. The van der Waals surface area contributed by atoms with Gasteiger partial charge in [0.25, 0.3) is 5.91 Å². The highest BCUT2D eigenvalue weighted by atomic mass is 19.4. The van der Waals surface area contributed by atoms with Gasteiger partial charge in [-0.2, -0.15) is 13.2 Å². The molecule has 0 saturated carbocycles. The van der Waals surface area contributed by atoms with Crippen LogP contribution in [0.5, 0.6) is 5.75 Å². The molecule has 0 fully saturated rings. The summed E-state index contributed by atoms with van der Waals surface area (Å²) in [6.45, 7) is 0. The molecular formula is C14H10F4N2O2. The SMILES string of the molecule is O=C(NC(c1ccccn1)C(F)(F)F)c1c(O)cccc1F. The van der Waals surface area contributed by atoms with Crippen molar-refractivity contribution in [3.05, 3.63) is 59.7 Å². The Bertz CT molecular complexity index is 654. The fraction of sp³-hybridized carbons (Fsp3) is 0.143. The summed E-state index contributed by atoms with van der Waals surface area (Å²) in [7, 11) is 0. The summed E-state index contributed by atoms with van der Waals surface area (Å²) < 4.78 is 52.7. The molecule has 1 atom stereocenters. The minimum absolute atomic E-state index is 0.445. The molecule has 0 aliphatic carbocycles. The standard InChI is InChI=1S/C14H10F4N2O2/c15-8-4-3-6-10(21)11(8)13(22)20-12(14(16,17)18)9-5-1-2-7-19-9/h1-7,12,21H,(H,20,22). The van der Waals surface area contributed by atoms with Crippen molar-refractivity contribution in [1.29, 1.82) is 0 Å². The quantitative estimate of drug-likeness (QED) is 0.856. The third-order valence-electron chi connectivity index (χ3n) is 2.80. The molecular weight excluding hydrogens is 304 g/mol. The van der Waals surface area contributed by atoms with Crippen LogP contribution in [-0.2, 0) is 0 Å². The first-order valence-electron chi connectivity index (χ1n) is 6.06. The fourth-order valence-electron chi connectivity index (χ4n) is 1.81. The van der Waals surface area contributed by atoms with E-state index in [1.807, 2.05) is 0 Å². The number of hydrogen-bond acceptors (Lipinski definition) is 3. The molecule has 2 N–H and O–H groups in total. The summed E-state index contributed by atoms with van der Waals surface area (Å²) in [4.78, 5) is 15.4. The van der Waals surface area contributed by atoms with Gasteiger partial charge in [-0.25, -0.2) is 4.39 Å². The van der Waals surface area contributed by atoms with E-state index in [4.69, 9.17) is 0 Å².